The molecule has 0 spiro atoms. The van der Waals surface area contributed by atoms with Crippen LogP contribution < -0.4 is 4.90 Å². The van der Waals surface area contributed by atoms with Crippen molar-refractivity contribution in [1.29, 1.82) is 0 Å². The number of imide groups is 1. The van der Waals surface area contributed by atoms with Gasteiger partial charge in [0.15, 0.2) is 0 Å². The fraction of sp³-hybridized carbons (Fsp3) is 0.412. The van der Waals surface area contributed by atoms with Gasteiger partial charge in [0.05, 0.1) is 5.69 Å². The van der Waals surface area contributed by atoms with E-state index in [2.05, 4.69) is 0 Å². The van der Waals surface area contributed by atoms with E-state index in [1.165, 1.54) is 4.90 Å². The minimum Gasteiger partial charge on any atom is -0.366 e. The lowest BCUT2D eigenvalue weighted by molar-refractivity contribution is -0.121. The summed E-state index contributed by atoms with van der Waals surface area (Å²) in [6, 6.07) is 5.67. The van der Waals surface area contributed by atoms with Gasteiger partial charge in [0.2, 0.25) is 0 Å². The predicted octanol–water partition coefficient (Wildman–Crippen LogP) is 3.11. The van der Waals surface area contributed by atoms with Crippen LogP contribution in [0.3, 0.4) is 0 Å². The molecule has 2 aliphatic rings. The van der Waals surface area contributed by atoms with Crippen LogP contribution in [0.2, 0.25) is 0 Å². The number of amides is 2. The maximum atomic E-state index is 12.8. The first-order valence-corrected chi connectivity index (χ1v) is 7.99. The summed E-state index contributed by atoms with van der Waals surface area (Å²) in [7, 11) is 0. The Kier molecular flexibility index (Phi) is 3.96. The van der Waals surface area contributed by atoms with E-state index < -0.39 is 5.91 Å². The van der Waals surface area contributed by atoms with Crippen molar-refractivity contribution in [2.24, 2.45) is 0 Å². The molecule has 4 nitrogen and oxygen atoms in total. The van der Waals surface area contributed by atoms with Gasteiger partial charge in [-0.05, 0) is 44.7 Å². The Hall–Kier alpha value is -1.81. The quantitative estimate of drug-likeness (QED) is 0.787. The zero-order valence-corrected chi connectivity index (χ0v) is 13.6. The predicted molar refractivity (Wildman–Crippen MR) is 86.7 cm³/mol. The number of aryl methyl sites for hydroxylation is 2. The van der Waals surface area contributed by atoms with Gasteiger partial charge in [-0.25, -0.2) is 4.90 Å². The molecule has 1 aromatic rings. The van der Waals surface area contributed by atoms with Crippen molar-refractivity contribution < 1.29 is 9.59 Å². The maximum Gasteiger partial charge on any atom is 0.283 e. The van der Waals surface area contributed by atoms with Gasteiger partial charge >= 0.3 is 0 Å². The van der Waals surface area contributed by atoms with Crippen LogP contribution in [-0.4, -0.2) is 29.8 Å². The topological polar surface area (TPSA) is 40.6 Å². The Morgan fingerprint density at radius 3 is 2.32 bits per heavy atom. The van der Waals surface area contributed by atoms with Gasteiger partial charge in [-0.15, -0.1) is 0 Å². The minimum atomic E-state index is -0.417. The molecule has 0 saturated carbocycles. The highest BCUT2D eigenvalue weighted by atomic mass is 35.5. The number of hydrogen-bond donors (Lipinski definition) is 0. The van der Waals surface area contributed by atoms with E-state index >= 15 is 0 Å². The summed E-state index contributed by atoms with van der Waals surface area (Å²) in [4.78, 5) is 28.4. The highest BCUT2D eigenvalue weighted by molar-refractivity contribution is 6.52. The summed E-state index contributed by atoms with van der Waals surface area (Å²) in [6.07, 6.45) is 3.21. The molecule has 0 unspecified atom stereocenters. The molecule has 0 aromatic heterocycles. The number of halogens is 1. The SMILES string of the molecule is Cc1ccc(N2C(=O)C(Cl)=C(N3CCCCC3)C2=O)c(C)c1. The fourth-order valence-corrected chi connectivity index (χ4v) is 3.44. The largest absolute Gasteiger partial charge is 0.366 e. The van der Waals surface area contributed by atoms with E-state index in [0.717, 1.165) is 43.5 Å². The smallest absolute Gasteiger partial charge is 0.283 e. The van der Waals surface area contributed by atoms with E-state index in [1.54, 1.807) is 0 Å². The molecule has 2 aliphatic heterocycles. The number of anilines is 1. The normalized spacial score (nSPS) is 19.4. The Morgan fingerprint density at radius 1 is 1.00 bits per heavy atom. The summed E-state index contributed by atoms with van der Waals surface area (Å²) in [5.74, 6) is -0.719. The van der Waals surface area contributed by atoms with Gasteiger partial charge in [0, 0.05) is 13.1 Å². The molecule has 1 saturated heterocycles. The molecule has 1 fully saturated rings. The summed E-state index contributed by atoms with van der Waals surface area (Å²) in [5.41, 5.74) is 2.97. The molecule has 3 rings (SSSR count). The third-order valence-electron chi connectivity index (χ3n) is 4.27. The van der Waals surface area contributed by atoms with Crippen LogP contribution in [0.1, 0.15) is 30.4 Å². The first-order valence-electron chi connectivity index (χ1n) is 7.61. The summed E-state index contributed by atoms with van der Waals surface area (Å²) < 4.78 is 0. The Labute approximate surface area is 135 Å². The molecule has 0 aliphatic carbocycles. The molecular formula is C17H19ClN2O2. The minimum absolute atomic E-state index is 0.0480. The van der Waals surface area contributed by atoms with Crippen LogP contribution >= 0.6 is 11.6 Å². The van der Waals surface area contributed by atoms with Crippen molar-refractivity contribution in [2.45, 2.75) is 33.1 Å². The van der Waals surface area contributed by atoms with E-state index in [4.69, 9.17) is 11.6 Å². The van der Waals surface area contributed by atoms with E-state index in [1.807, 2.05) is 36.9 Å². The van der Waals surface area contributed by atoms with Crippen molar-refractivity contribution >= 4 is 29.1 Å². The van der Waals surface area contributed by atoms with Gasteiger partial charge in [-0.2, -0.15) is 0 Å². The number of rotatable bonds is 2. The van der Waals surface area contributed by atoms with Gasteiger partial charge in [-0.3, -0.25) is 9.59 Å². The highest BCUT2D eigenvalue weighted by Gasteiger charge is 2.41. The van der Waals surface area contributed by atoms with Crippen LogP contribution in [-0.2, 0) is 9.59 Å². The average molecular weight is 319 g/mol. The molecule has 0 atom stereocenters. The van der Waals surface area contributed by atoms with E-state index in [-0.39, 0.29) is 10.9 Å². The Bertz CT molecular complexity index is 675. The lowest BCUT2D eigenvalue weighted by atomic mass is 10.1. The second-order valence-electron chi connectivity index (χ2n) is 5.95. The summed E-state index contributed by atoms with van der Waals surface area (Å²) in [5, 5.41) is 0.0480. The first kappa shape index (κ1) is 15.1. The zero-order chi connectivity index (χ0) is 15.9. The second-order valence-corrected chi connectivity index (χ2v) is 6.32. The van der Waals surface area contributed by atoms with Crippen LogP contribution in [0.25, 0.3) is 0 Å². The van der Waals surface area contributed by atoms with Crippen LogP contribution in [0.15, 0.2) is 28.9 Å². The number of likely N-dealkylation sites (tertiary alicyclic amines) is 1. The maximum absolute atomic E-state index is 12.8. The molecule has 0 bridgehead atoms. The van der Waals surface area contributed by atoms with Gasteiger partial charge < -0.3 is 4.90 Å². The van der Waals surface area contributed by atoms with Crippen molar-refractivity contribution in [3.63, 3.8) is 0 Å². The van der Waals surface area contributed by atoms with Gasteiger partial charge in [0.25, 0.3) is 11.8 Å². The van der Waals surface area contributed by atoms with Crippen molar-refractivity contribution in [3.8, 4) is 0 Å². The second kappa shape index (κ2) is 5.76. The molecule has 22 heavy (non-hydrogen) atoms. The van der Waals surface area contributed by atoms with Crippen LogP contribution in [0.4, 0.5) is 5.69 Å². The van der Waals surface area contributed by atoms with Crippen molar-refractivity contribution in [1.82, 2.24) is 4.90 Å². The van der Waals surface area contributed by atoms with Crippen LogP contribution in [0, 0.1) is 13.8 Å². The molecule has 116 valence electrons. The van der Waals surface area contributed by atoms with Gasteiger partial charge in [-0.1, -0.05) is 29.3 Å². The average Bonchev–Trinajstić information content (AvgIpc) is 2.71. The number of nitrogens with zero attached hydrogens (tertiary/aromatic N) is 2. The van der Waals surface area contributed by atoms with Crippen molar-refractivity contribution in [2.75, 3.05) is 18.0 Å². The van der Waals surface area contributed by atoms with E-state index in [9.17, 15) is 9.59 Å². The molecule has 2 amide bonds. The molecule has 0 radical (unpaired) electrons. The standard InChI is InChI=1S/C17H19ClN2O2/c1-11-6-7-13(12(2)10-11)20-16(21)14(18)15(17(20)22)19-8-4-3-5-9-19/h6-7,10H,3-5,8-9H2,1-2H3. The number of carbonyl (C=O) groups is 2. The zero-order valence-electron chi connectivity index (χ0n) is 12.9. The summed E-state index contributed by atoms with van der Waals surface area (Å²) >= 11 is 6.21. The van der Waals surface area contributed by atoms with Crippen LogP contribution in [0.5, 0.6) is 0 Å². The third kappa shape index (κ3) is 2.41. The molecular weight excluding hydrogens is 300 g/mol. The Morgan fingerprint density at radius 2 is 1.68 bits per heavy atom. The molecule has 1 aromatic carbocycles. The number of benzene rings is 1. The monoisotopic (exact) mass is 318 g/mol. The Balaban J connectivity index is 1.96. The molecule has 5 heteroatoms. The number of piperidine rings is 1. The number of hydrogen-bond acceptors (Lipinski definition) is 3. The third-order valence-corrected chi connectivity index (χ3v) is 4.61. The highest BCUT2D eigenvalue weighted by Crippen LogP contribution is 2.34. The lowest BCUT2D eigenvalue weighted by Crippen LogP contribution is -2.37. The van der Waals surface area contributed by atoms with Crippen molar-refractivity contribution in [3.05, 3.63) is 40.1 Å². The first-order chi connectivity index (χ1) is 10.5. The van der Waals surface area contributed by atoms with E-state index in [0.29, 0.717) is 11.4 Å². The number of carbonyl (C=O) groups excluding carboxylic acids is 2. The molecule has 2 heterocycles. The van der Waals surface area contributed by atoms with Gasteiger partial charge in [0.1, 0.15) is 10.7 Å². The fourth-order valence-electron chi connectivity index (χ4n) is 3.16. The summed E-state index contributed by atoms with van der Waals surface area (Å²) in [6.45, 7) is 5.45. The lowest BCUT2D eigenvalue weighted by Gasteiger charge is -2.29. The molecule has 0 N–H and O–H groups in total.